The maximum absolute atomic E-state index is 14.4. The number of hydrogen-bond donors (Lipinski definition) is 1. The Morgan fingerprint density at radius 3 is 2.64 bits per heavy atom. The van der Waals surface area contributed by atoms with Gasteiger partial charge in [-0.05, 0) is 49.4 Å². The summed E-state index contributed by atoms with van der Waals surface area (Å²) in [6.45, 7) is 2.46. The molecule has 0 bridgehead atoms. The Bertz CT molecular complexity index is 1510. The van der Waals surface area contributed by atoms with Crippen LogP contribution in [0.5, 0.6) is 5.75 Å². The summed E-state index contributed by atoms with van der Waals surface area (Å²) in [5.74, 6) is 0.544. The molecule has 33 heavy (non-hydrogen) atoms. The molecule has 5 nitrogen and oxygen atoms in total. The first-order chi connectivity index (χ1) is 16.1. The average Bonchev–Trinajstić information content (AvgIpc) is 3.19. The Balaban J connectivity index is 1.68. The molecule has 2 heterocycles. The van der Waals surface area contributed by atoms with Crippen LogP contribution >= 0.6 is 23.4 Å². The van der Waals surface area contributed by atoms with Gasteiger partial charge in [0, 0.05) is 27.2 Å². The number of benzene rings is 3. The molecule has 0 amide bonds. The monoisotopic (exact) mass is 479 g/mol. The van der Waals surface area contributed by atoms with Crippen LogP contribution in [0, 0.1) is 5.82 Å². The predicted molar refractivity (Wildman–Crippen MR) is 131 cm³/mol. The Kier molecular flexibility index (Phi) is 5.83. The number of nitrogens with one attached hydrogen (secondary N) is 1. The number of thioether (sulfide) groups is 1. The lowest BCUT2D eigenvalue weighted by Gasteiger charge is -2.13. The van der Waals surface area contributed by atoms with E-state index in [9.17, 15) is 9.18 Å². The molecule has 1 N–H and O–H groups in total. The highest BCUT2D eigenvalue weighted by Crippen LogP contribution is 2.31. The second-order valence-corrected chi connectivity index (χ2v) is 8.69. The summed E-state index contributed by atoms with van der Waals surface area (Å²) in [5, 5.41) is 1.64. The molecule has 2 aromatic heterocycles. The molecular weight excluding hydrogens is 461 g/mol. The van der Waals surface area contributed by atoms with Crippen LogP contribution in [0.1, 0.15) is 12.5 Å². The molecule has 0 radical (unpaired) electrons. The molecule has 5 aromatic rings. The fourth-order valence-corrected chi connectivity index (χ4v) is 5.08. The Morgan fingerprint density at radius 2 is 1.88 bits per heavy atom. The van der Waals surface area contributed by atoms with Crippen molar-refractivity contribution in [2.24, 2.45) is 0 Å². The number of halogens is 2. The van der Waals surface area contributed by atoms with Gasteiger partial charge in [0.05, 0.1) is 12.3 Å². The zero-order valence-corrected chi connectivity index (χ0v) is 19.2. The van der Waals surface area contributed by atoms with E-state index in [4.69, 9.17) is 21.3 Å². The first-order valence-electron chi connectivity index (χ1n) is 10.4. The lowest BCUT2D eigenvalue weighted by molar-refractivity contribution is 0.340. The number of fused-ring (bicyclic) bond motifs is 3. The van der Waals surface area contributed by atoms with Gasteiger partial charge >= 0.3 is 0 Å². The highest BCUT2D eigenvalue weighted by atomic mass is 35.5. The van der Waals surface area contributed by atoms with Crippen LogP contribution in [0.4, 0.5) is 4.39 Å². The van der Waals surface area contributed by atoms with E-state index in [0.29, 0.717) is 44.8 Å². The molecule has 0 fully saturated rings. The first kappa shape index (κ1) is 21.6. The molecule has 0 aliphatic carbocycles. The second-order valence-electron chi connectivity index (χ2n) is 7.34. The fraction of sp³-hybridized carbons (Fsp3) is 0.120. The summed E-state index contributed by atoms with van der Waals surface area (Å²) in [6.07, 6.45) is 0. The number of ether oxygens (including phenoxy) is 1. The van der Waals surface area contributed by atoms with Crippen molar-refractivity contribution in [3.05, 3.63) is 93.5 Å². The van der Waals surface area contributed by atoms with Gasteiger partial charge in [0.15, 0.2) is 5.16 Å². The van der Waals surface area contributed by atoms with Crippen LogP contribution < -0.4 is 10.3 Å². The van der Waals surface area contributed by atoms with Gasteiger partial charge in [-0.2, -0.15) is 0 Å². The highest BCUT2D eigenvalue weighted by molar-refractivity contribution is 7.98. The third kappa shape index (κ3) is 3.98. The molecule has 0 aliphatic heterocycles. The smallest absolute Gasteiger partial charge is 0.283 e. The first-order valence-corrected chi connectivity index (χ1v) is 11.8. The zero-order chi connectivity index (χ0) is 22.9. The molecule has 0 saturated heterocycles. The Labute approximate surface area is 198 Å². The average molecular weight is 480 g/mol. The number of rotatable bonds is 6. The van der Waals surface area contributed by atoms with Gasteiger partial charge in [-0.25, -0.2) is 9.37 Å². The molecule has 0 saturated carbocycles. The van der Waals surface area contributed by atoms with Gasteiger partial charge in [0.25, 0.3) is 5.56 Å². The molecule has 3 aromatic carbocycles. The number of para-hydroxylation sites is 1. The number of nitrogens with zero attached hydrogens (tertiary/aromatic N) is 2. The standard InChI is InChI=1S/C25H19ClFN3O2S/c1-2-32-16-12-10-15(11-13-16)30-24(31)23-22(17-6-3-4-9-21(17)28-23)29-25(30)33-14-18-19(26)7-5-8-20(18)27/h3-13,28H,2,14H2,1H3. The lowest BCUT2D eigenvalue weighted by atomic mass is 10.2. The van der Waals surface area contributed by atoms with Crippen molar-refractivity contribution in [2.75, 3.05) is 6.61 Å². The zero-order valence-electron chi connectivity index (χ0n) is 17.6. The minimum atomic E-state index is -0.391. The van der Waals surface area contributed by atoms with Gasteiger partial charge in [-0.15, -0.1) is 0 Å². The summed E-state index contributed by atoms with van der Waals surface area (Å²) >= 11 is 7.49. The third-order valence-electron chi connectivity index (χ3n) is 5.31. The summed E-state index contributed by atoms with van der Waals surface area (Å²) in [4.78, 5) is 21.7. The van der Waals surface area contributed by atoms with E-state index in [1.807, 2.05) is 55.5 Å². The van der Waals surface area contributed by atoms with E-state index >= 15 is 0 Å². The third-order valence-corrected chi connectivity index (χ3v) is 6.63. The van der Waals surface area contributed by atoms with E-state index in [2.05, 4.69) is 4.98 Å². The number of hydrogen-bond acceptors (Lipinski definition) is 4. The normalized spacial score (nSPS) is 11.4. The van der Waals surface area contributed by atoms with Crippen LogP contribution in [-0.4, -0.2) is 21.1 Å². The van der Waals surface area contributed by atoms with Crippen LogP contribution in [0.15, 0.2) is 76.7 Å². The maximum Gasteiger partial charge on any atom is 0.283 e. The van der Waals surface area contributed by atoms with E-state index < -0.39 is 5.82 Å². The largest absolute Gasteiger partial charge is 0.494 e. The molecule has 0 atom stereocenters. The van der Waals surface area contributed by atoms with E-state index in [1.165, 1.54) is 22.4 Å². The molecule has 8 heteroatoms. The van der Waals surface area contributed by atoms with E-state index in [0.717, 1.165) is 10.9 Å². The van der Waals surface area contributed by atoms with Crippen molar-refractivity contribution in [2.45, 2.75) is 17.8 Å². The summed E-state index contributed by atoms with van der Waals surface area (Å²) < 4.78 is 21.4. The van der Waals surface area contributed by atoms with Crippen molar-refractivity contribution in [1.82, 2.24) is 14.5 Å². The topological polar surface area (TPSA) is 59.9 Å². The maximum atomic E-state index is 14.4. The van der Waals surface area contributed by atoms with Gasteiger partial charge in [0.2, 0.25) is 0 Å². The van der Waals surface area contributed by atoms with Crippen LogP contribution in [0.2, 0.25) is 5.02 Å². The van der Waals surface area contributed by atoms with Gasteiger partial charge in [0.1, 0.15) is 22.6 Å². The second kappa shape index (κ2) is 8.92. The van der Waals surface area contributed by atoms with Gasteiger partial charge in [-0.1, -0.05) is 47.6 Å². The lowest BCUT2D eigenvalue weighted by Crippen LogP contribution is -2.21. The molecule has 0 spiro atoms. The molecule has 0 unspecified atom stereocenters. The predicted octanol–water partition coefficient (Wildman–Crippen LogP) is 6.35. The molecule has 0 aliphatic rings. The van der Waals surface area contributed by atoms with Crippen molar-refractivity contribution in [3.8, 4) is 11.4 Å². The summed E-state index contributed by atoms with van der Waals surface area (Å²) in [5.41, 5.74) is 2.60. The van der Waals surface area contributed by atoms with E-state index in [1.54, 1.807) is 12.1 Å². The van der Waals surface area contributed by atoms with Gasteiger partial charge < -0.3 is 9.72 Å². The van der Waals surface area contributed by atoms with Crippen LogP contribution in [0.3, 0.4) is 0 Å². The number of aromatic amines is 1. The summed E-state index contributed by atoms with van der Waals surface area (Å²) in [7, 11) is 0. The van der Waals surface area contributed by atoms with E-state index in [-0.39, 0.29) is 11.3 Å². The van der Waals surface area contributed by atoms with Crippen molar-refractivity contribution < 1.29 is 9.13 Å². The Hall–Kier alpha value is -3.29. The summed E-state index contributed by atoms with van der Waals surface area (Å²) in [6, 6.07) is 19.5. The minimum absolute atomic E-state index is 0.225. The molecule has 166 valence electrons. The SMILES string of the molecule is CCOc1ccc(-n2c(SCc3c(F)cccc3Cl)nc3c([nH]c4ccccc43)c2=O)cc1. The van der Waals surface area contributed by atoms with Crippen molar-refractivity contribution in [3.63, 3.8) is 0 Å². The quantitative estimate of drug-likeness (QED) is 0.228. The fourth-order valence-electron chi connectivity index (χ4n) is 3.73. The van der Waals surface area contributed by atoms with Crippen LogP contribution in [0.25, 0.3) is 27.6 Å². The van der Waals surface area contributed by atoms with Crippen molar-refractivity contribution in [1.29, 1.82) is 0 Å². The highest BCUT2D eigenvalue weighted by Gasteiger charge is 2.18. The molecule has 5 rings (SSSR count). The number of aromatic nitrogens is 3. The number of H-pyrrole nitrogens is 1. The Morgan fingerprint density at radius 1 is 1.09 bits per heavy atom. The van der Waals surface area contributed by atoms with Crippen LogP contribution in [-0.2, 0) is 5.75 Å². The van der Waals surface area contributed by atoms with Crippen molar-refractivity contribution >= 4 is 45.3 Å². The minimum Gasteiger partial charge on any atom is -0.494 e. The molecular formula is C25H19ClFN3O2S. The van der Waals surface area contributed by atoms with Gasteiger partial charge in [-0.3, -0.25) is 9.36 Å².